The van der Waals surface area contributed by atoms with Gasteiger partial charge in [0, 0.05) is 5.39 Å². The number of benzene rings is 3. The van der Waals surface area contributed by atoms with Gasteiger partial charge in [0.15, 0.2) is 0 Å². The van der Waals surface area contributed by atoms with Crippen LogP contribution in [0, 0.1) is 0 Å². The van der Waals surface area contributed by atoms with Crippen molar-refractivity contribution >= 4 is 24.0 Å². The van der Waals surface area contributed by atoms with Crippen LogP contribution in [0.2, 0.25) is 0 Å². The maximum absolute atomic E-state index is 13.4. The minimum Gasteiger partial charge on any atom is -0.497 e. The van der Waals surface area contributed by atoms with E-state index in [0.717, 1.165) is 27.8 Å². The molecular formula is C26H26BNO5. The Balaban J connectivity index is 1.55. The number of methoxy groups -OCH3 is 1. The highest BCUT2D eigenvalue weighted by Gasteiger charge is 2.30. The standard InChI is InChI=1S/C26H26BNO5/c1-32-21-13-11-18(12-14-21)15-23(19-7-3-2-4-8-19)26(29)28-25(27(30)31)16-20-17-33-24-10-6-5-9-22(20)24/h2-14,17,23,25,30-31H,15-16H2,1H3,(H,28,29). The topological polar surface area (TPSA) is 91.9 Å². The highest BCUT2D eigenvalue weighted by atomic mass is 16.5. The number of carbonyl (C=O) groups excluding carboxylic acids is 1. The van der Waals surface area contributed by atoms with Crippen molar-refractivity contribution in [3.05, 3.63) is 102 Å². The molecule has 2 unspecified atom stereocenters. The van der Waals surface area contributed by atoms with Crippen LogP contribution >= 0.6 is 0 Å². The first-order valence-electron chi connectivity index (χ1n) is 10.8. The van der Waals surface area contributed by atoms with Crippen LogP contribution in [-0.4, -0.2) is 36.1 Å². The molecule has 0 aliphatic rings. The Bertz CT molecular complexity index is 1190. The number of hydrogen-bond donors (Lipinski definition) is 3. The SMILES string of the molecule is COc1ccc(CC(C(=O)NC(Cc2coc3ccccc23)B(O)O)c2ccccc2)cc1. The van der Waals surface area contributed by atoms with Gasteiger partial charge in [0.1, 0.15) is 11.3 Å². The van der Waals surface area contributed by atoms with E-state index >= 15 is 0 Å². The predicted octanol–water partition coefficient (Wildman–Crippen LogP) is 3.51. The van der Waals surface area contributed by atoms with Gasteiger partial charge < -0.3 is 24.5 Å². The molecule has 0 spiro atoms. The fourth-order valence-corrected chi connectivity index (χ4v) is 3.99. The second-order valence-electron chi connectivity index (χ2n) is 8.01. The maximum Gasteiger partial charge on any atom is 0.475 e. The zero-order valence-electron chi connectivity index (χ0n) is 18.3. The minimum atomic E-state index is -1.72. The van der Waals surface area contributed by atoms with Crippen molar-refractivity contribution in [1.82, 2.24) is 5.32 Å². The third-order valence-electron chi connectivity index (χ3n) is 5.81. The summed E-state index contributed by atoms with van der Waals surface area (Å²) >= 11 is 0. The summed E-state index contributed by atoms with van der Waals surface area (Å²) in [5, 5.41) is 23.8. The number of carbonyl (C=O) groups is 1. The molecule has 0 saturated heterocycles. The van der Waals surface area contributed by atoms with Crippen molar-refractivity contribution in [2.45, 2.75) is 24.7 Å². The van der Waals surface area contributed by atoms with Crippen molar-refractivity contribution in [1.29, 1.82) is 0 Å². The quantitative estimate of drug-likeness (QED) is 0.345. The molecule has 168 valence electrons. The molecule has 7 heteroatoms. The zero-order valence-corrected chi connectivity index (χ0v) is 18.3. The summed E-state index contributed by atoms with van der Waals surface area (Å²) in [6.07, 6.45) is 2.28. The Labute approximate surface area is 193 Å². The van der Waals surface area contributed by atoms with Crippen LogP contribution in [0.4, 0.5) is 0 Å². The summed E-state index contributed by atoms with van der Waals surface area (Å²) in [4.78, 5) is 13.4. The molecule has 3 N–H and O–H groups in total. The number of amides is 1. The van der Waals surface area contributed by atoms with E-state index < -0.39 is 19.0 Å². The fourth-order valence-electron chi connectivity index (χ4n) is 3.99. The first-order chi connectivity index (χ1) is 16.0. The second-order valence-corrected chi connectivity index (χ2v) is 8.01. The largest absolute Gasteiger partial charge is 0.497 e. The first kappa shape index (κ1) is 22.6. The monoisotopic (exact) mass is 443 g/mol. The van der Waals surface area contributed by atoms with Crippen LogP contribution in [0.5, 0.6) is 5.75 Å². The lowest BCUT2D eigenvalue weighted by molar-refractivity contribution is -0.123. The molecule has 0 aliphatic heterocycles. The normalized spacial score (nSPS) is 12.8. The molecule has 0 saturated carbocycles. The number of para-hydroxylation sites is 1. The first-order valence-corrected chi connectivity index (χ1v) is 10.8. The lowest BCUT2D eigenvalue weighted by Crippen LogP contribution is -2.49. The van der Waals surface area contributed by atoms with Crippen LogP contribution in [0.1, 0.15) is 22.6 Å². The minimum absolute atomic E-state index is 0.227. The molecule has 3 aromatic carbocycles. The number of ether oxygens (including phenoxy) is 1. The smallest absolute Gasteiger partial charge is 0.475 e. The van der Waals surface area contributed by atoms with Crippen molar-refractivity contribution in [2.75, 3.05) is 7.11 Å². The molecule has 6 nitrogen and oxygen atoms in total. The third-order valence-corrected chi connectivity index (χ3v) is 5.81. The third kappa shape index (κ3) is 5.45. The van der Waals surface area contributed by atoms with E-state index in [9.17, 15) is 14.8 Å². The number of rotatable bonds is 9. The lowest BCUT2D eigenvalue weighted by atomic mass is 9.75. The van der Waals surface area contributed by atoms with Gasteiger partial charge in [-0.25, -0.2) is 0 Å². The van der Waals surface area contributed by atoms with Gasteiger partial charge in [-0.1, -0.05) is 60.7 Å². The van der Waals surface area contributed by atoms with E-state index in [1.54, 1.807) is 13.4 Å². The molecule has 4 rings (SSSR count). The summed E-state index contributed by atoms with van der Waals surface area (Å²) < 4.78 is 10.8. The Morgan fingerprint density at radius 1 is 0.970 bits per heavy atom. The van der Waals surface area contributed by atoms with Crippen molar-refractivity contribution in [2.24, 2.45) is 0 Å². The molecule has 4 aromatic rings. The van der Waals surface area contributed by atoms with E-state index in [1.165, 1.54) is 0 Å². The van der Waals surface area contributed by atoms with Gasteiger partial charge in [-0.15, -0.1) is 0 Å². The van der Waals surface area contributed by atoms with Crippen molar-refractivity contribution in [3.8, 4) is 5.75 Å². The summed E-state index contributed by atoms with van der Waals surface area (Å²) in [6, 6.07) is 24.6. The fraction of sp³-hybridized carbons (Fsp3) is 0.192. The maximum atomic E-state index is 13.4. The average molecular weight is 443 g/mol. The van der Waals surface area contributed by atoms with Gasteiger partial charge in [-0.2, -0.15) is 0 Å². The van der Waals surface area contributed by atoms with Crippen LogP contribution in [0.25, 0.3) is 11.0 Å². The molecule has 0 aliphatic carbocycles. The Kier molecular flexibility index (Phi) is 7.12. The van der Waals surface area contributed by atoms with Crippen LogP contribution in [-0.2, 0) is 17.6 Å². The molecule has 0 bridgehead atoms. The highest BCUT2D eigenvalue weighted by Crippen LogP contribution is 2.25. The van der Waals surface area contributed by atoms with Gasteiger partial charge in [0.2, 0.25) is 5.91 Å². The van der Waals surface area contributed by atoms with E-state index in [0.29, 0.717) is 12.0 Å². The zero-order chi connectivity index (χ0) is 23.2. The highest BCUT2D eigenvalue weighted by molar-refractivity contribution is 6.43. The lowest BCUT2D eigenvalue weighted by Gasteiger charge is -2.23. The number of furan rings is 1. The van der Waals surface area contributed by atoms with Gasteiger partial charge in [-0.3, -0.25) is 4.79 Å². The van der Waals surface area contributed by atoms with Crippen molar-refractivity contribution in [3.63, 3.8) is 0 Å². The number of hydrogen-bond acceptors (Lipinski definition) is 5. The van der Waals surface area contributed by atoms with Crippen LogP contribution in [0.3, 0.4) is 0 Å². The van der Waals surface area contributed by atoms with E-state index in [1.807, 2.05) is 78.9 Å². The summed E-state index contributed by atoms with van der Waals surface area (Å²) in [7, 11) is -0.112. The summed E-state index contributed by atoms with van der Waals surface area (Å²) in [6.45, 7) is 0. The Hall–Kier alpha value is -3.55. The van der Waals surface area contributed by atoms with Gasteiger partial charge >= 0.3 is 7.12 Å². The molecular weight excluding hydrogens is 417 g/mol. The van der Waals surface area contributed by atoms with E-state index in [4.69, 9.17) is 9.15 Å². The number of fused-ring (bicyclic) bond motifs is 1. The van der Waals surface area contributed by atoms with Crippen LogP contribution < -0.4 is 10.1 Å². The Morgan fingerprint density at radius 2 is 1.67 bits per heavy atom. The molecule has 1 amide bonds. The van der Waals surface area contributed by atoms with Gasteiger partial charge in [0.25, 0.3) is 0 Å². The molecule has 2 atom stereocenters. The molecule has 33 heavy (non-hydrogen) atoms. The van der Waals surface area contributed by atoms with E-state index in [2.05, 4.69) is 5.32 Å². The molecule has 1 heterocycles. The molecule has 1 aromatic heterocycles. The average Bonchev–Trinajstić information content (AvgIpc) is 3.25. The number of nitrogens with one attached hydrogen (secondary N) is 1. The van der Waals surface area contributed by atoms with Gasteiger partial charge in [0.05, 0.1) is 25.2 Å². The van der Waals surface area contributed by atoms with E-state index in [-0.39, 0.29) is 12.3 Å². The van der Waals surface area contributed by atoms with Crippen LogP contribution in [0.15, 0.2) is 89.5 Å². The molecule has 0 radical (unpaired) electrons. The summed E-state index contributed by atoms with van der Waals surface area (Å²) in [5.41, 5.74) is 3.34. The second kappa shape index (κ2) is 10.4. The molecule has 0 fully saturated rings. The Morgan fingerprint density at radius 3 is 2.36 bits per heavy atom. The predicted molar refractivity (Wildman–Crippen MR) is 128 cm³/mol. The van der Waals surface area contributed by atoms with Gasteiger partial charge in [-0.05, 0) is 47.7 Å². The van der Waals surface area contributed by atoms with Crippen molar-refractivity contribution < 1.29 is 24.0 Å². The summed E-state index contributed by atoms with van der Waals surface area (Å²) in [5.74, 6) is -0.916.